The number of rotatable bonds is 4. The number of hydrogen-bond donors (Lipinski definition) is 1. The third kappa shape index (κ3) is 2.43. The van der Waals surface area contributed by atoms with Gasteiger partial charge in [-0.15, -0.1) is 11.3 Å². The van der Waals surface area contributed by atoms with Crippen LogP contribution in [0.25, 0.3) is 10.2 Å². The minimum Gasteiger partial charge on any atom is -0.358 e. The molecule has 2 aromatic heterocycles. The molecule has 0 fully saturated rings. The van der Waals surface area contributed by atoms with Gasteiger partial charge in [-0.25, -0.2) is 4.98 Å². The standard InChI is InChI=1S/C12H15N3O2S/c1-3-4-8-5-9-11(18-8)14-7-15(12(9)17)6-10(16)13-2/h5,7H,3-4,6H2,1-2H3,(H,13,16). The summed E-state index contributed by atoms with van der Waals surface area (Å²) in [5.41, 5.74) is -0.151. The van der Waals surface area contributed by atoms with Gasteiger partial charge in [0.05, 0.1) is 11.7 Å². The highest BCUT2D eigenvalue weighted by Gasteiger charge is 2.10. The number of likely N-dealkylation sites (N-methyl/N-ethyl adjacent to an activating group) is 1. The molecule has 0 aromatic carbocycles. The molecule has 1 N–H and O–H groups in total. The molecule has 0 spiro atoms. The van der Waals surface area contributed by atoms with Crippen molar-refractivity contribution in [2.45, 2.75) is 26.3 Å². The van der Waals surface area contributed by atoms with Crippen LogP contribution in [0.4, 0.5) is 0 Å². The summed E-state index contributed by atoms with van der Waals surface area (Å²) in [6, 6.07) is 1.89. The van der Waals surface area contributed by atoms with Crippen LogP contribution in [0.2, 0.25) is 0 Å². The molecule has 0 radical (unpaired) electrons. The van der Waals surface area contributed by atoms with Crippen LogP contribution in [0.15, 0.2) is 17.2 Å². The predicted molar refractivity (Wildman–Crippen MR) is 71.9 cm³/mol. The number of carbonyl (C=O) groups is 1. The van der Waals surface area contributed by atoms with Crippen molar-refractivity contribution < 1.29 is 4.79 Å². The van der Waals surface area contributed by atoms with Gasteiger partial charge in [-0.1, -0.05) is 13.3 Å². The molecule has 0 aliphatic carbocycles. The van der Waals surface area contributed by atoms with E-state index in [-0.39, 0.29) is 18.0 Å². The Kier molecular flexibility index (Phi) is 3.76. The first-order valence-corrected chi connectivity index (χ1v) is 6.65. The van der Waals surface area contributed by atoms with Crippen LogP contribution in [-0.2, 0) is 17.8 Å². The van der Waals surface area contributed by atoms with Gasteiger partial charge in [0.2, 0.25) is 5.91 Å². The number of amides is 1. The Bertz CT molecular complexity index is 630. The zero-order chi connectivity index (χ0) is 13.1. The lowest BCUT2D eigenvalue weighted by molar-refractivity contribution is -0.121. The number of nitrogens with one attached hydrogen (secondary N) is 1. The fourth-order valence-electron chi connectivity index (χ4n) is 1.73. The minimum absolute atomic E-state index is 0.0111. The van der Waals surface area contributed by atoms with E-state index >= 15 is 0 Å². The number of hydrogen-bond acceptors (Lipinski definition) is 4. The third-order valence-corrected chi connectivity index (χ3v) is 3.76. The Morgan fingerprint density at radius 3 is 3.00 bits per heavy atom. The molecule has 0 bridgehead atoms. The second-order valence-electron chi connectivity index (χ2n) is 4.03. The smallest absolute Gasteiger partial charge is 0.262 e. The lowest BCUT2D eigenvalue weighted by Gasteiger charge is -2.03. The van der Waals surface area contributed by atoms with Crippen LogP contribution in [0.1, 0.15) is 18.2 Å². The fourth-order valence-corrected chi connectivity index (χ4v) is 2.81. The Hall–Kier alpha value is -1.69. The van der Waals surface area contributed by atoms with E-state index in [1.54, 1.807) is 18.4 Å². The summed E-state index contributed by atoms with van der Waals surface area (Å²) in [4.78, 5) is 29.6. The average molecular weight is 265 g/mol. The maximum atomic E-state index is 12.1. The van der Waals surface area contributed by atoms with Crippen molar-refractivity contribution in [1.82, 2.24) is 14.9 Å². The summed E-state index contributed by atoms with van der Waals surface area (Å²) in [6.45, 7) is 2.11. The molecule has 1 amide bonds. The topological polar surface area (TPSA) is 64.0 Å². The molecular weight excluding hydrogens is 250 g/mol. The first-order valence-electron chi connectivity index (χ1n) is 5.84. The van der Waals surface area contributed by atoms with Gasteiger partial charge in [0.15, 0.2) is 0 Å². The number of nitrogens with zero attached hydrogens (tertiary/aromatic N) is 2. The molecule has 5 nitrogen and oxygen atoms in total. The fraction of sp³-hybridized carbons (Fsp3) is 0.417. The van der Waals surface area contributed by atoms with Crippen molar-refractivity contribution in [3.8, 4) is 0 Å². The maximum Gasteiger partial charge on any atom is 0.262 e. The van der Waals surface area contributed by atoms with Crippen LogP contribution in [0.5, 0.6) is 0 Å². The largest absolute Gasteiger partial charge is 0.358 e. The molecule has 96 valence electrons. The van der Waals surface area contributed by atoms with E-state index in [0.717, 1.165) is 22.5 Å². The van der Waals surface area contributed by atoms with Crippen molar-refractivity contribution in [3.05, 3.63) is 27.6 Å². The summed E-state index contributed by atoms with van der Waals surface area (Å²) in [6.07, 6.45) is 3.43. The van der Waals surface area contributed by atoms with Crippen molar-refractivity contribution in [1.29, 1.82) is 0 Å². The summed E-state index contributed by atoms with van der Waals surface area (Å²) in [7, 11) is 1.54. The van der Waals surface area contributed by atoms with Crippen LogP contribution in [0.3, 0.4) is 0 Å². The van der Waals surface area contributed by atoms with Gasteiger partial charge >= 0.3 is 0 Å². The molecular formula is C12H15N3O2S. The lowest BCUT2D eigenvalue weighted by Crippen LogP contribution is -2.30. The number of fused-ring (bicyclic) bond motifs is 1. The molecule has 0 atom stereocenters. The van der Waals surface area contributed by atoms with Gasteiger partial charge in [0.1, 0.15) is 11.4 Å². The van der Waals surface area contributed by atoms with Crippen molar-refractivity contribution in [2.24, 2.45) is 0 Å². The number of aryl methyl sites for hydroxylation is 1. The van der Waals surface area contributed by atoms with Gasteiger partial charge in [0, 0.05) is 11.9 Å². The van der Waals surface area contributed by atoms with Gasteiger partial charge in [-0.2, -0.15) is 0 Å². The van der Waals surface area contributed by atoms with Gasteiger partial charge in [-0.05, 0) is 12.5 Å². The monoisotopic (exact) mass is 265 g/mol. The molecule has 0 aliphatic heterocycles. The van der Waals surface area contributed by atoms with E-state index in [4.69, 9.17) is 0 Å². The molecule has 0 saturated heterocycles. The number of carbonyl (C=O) groups excluding carboxylic acids is 1. The summed E-state index contributed by atoms with van der Waals surface area (Å²) < 4.78 is 1.34. The van der Waals surface area contributed by atoms with Crippen LogP contribution in [0, 0.1) is 0 Å². The zero-order valence-corrected chi connectivity index (χ0v) is 11.2. The zero-order valence-electron chi connectivity index (χ0n) is 10.4. The Labute approximate surface area is 108 Å². The Morgan fingerprint density at radius 1 is 1.56 bits per heavy atom. The van der Waals surface area contributed by atoms with Gasteiger partial charge < -0.3 is 5.32 Å². The third-order valence-electron chi connectivity index (χ3n) is 2.66. The highest BCUT2D eigenvalue weighted by molar-refractivity contribution is 7.18. The average Bonchev–Trinajstić information content (AvgIpc) is 2.77. The Balaban J connectivity index is 2.43. The normalized spacial score (nSPS) is 10.8. The molecule has 0 unspecified atom stereocenters. The number of aromatic nitrogens is 2. The van der Waals surface area contributed by atoms with E-state index in [1.807, 2.05) is 6.07 Å². The van der Waals surface area contributed by atoms with Crippen LogP contribution >= 0.6 is 11.3 Å². The van der Waals surface area contributed by atoms with Crippen molar-refractivity contribution >= 4 is 27.5 Å². The number of thiophene rings is 1. The molecule has 2 rings (SSSR count). The van der Waals surface area contributed by atoms with E-state index in [0.29, 0.717) is 5.39 Å². The highest BCUT2D eigenvalue weighted by Crippen LogP contribution is 2.21. The Morgan fingerprint density at radius 2 is 2.33 bits per heavy atom. The second-order valence-corrected chi connectivity index (χ2v) is 5.15. The molecule has 0 aliphatic rings. The highest BCUT2D eigenvalue weighted by atomic mass is 32.1. The quantitative estimate of drug-likeness (QED) is 0.902. The molecule has 2 heterocycles. The second kappa shape index (κ2) is 5.30. The summed E-state index contributed by atoms with van der Waals surface area (Å²) >= 11 is 1.54. The van der Waals surface area contributed by atoms with Crippen molar-refractivity contribution in [2.75, 3.05) is 7.05 Å². The van der Waals surface area contributed by atoms with E-state index in [9.17, 15) is 9.59 Å². The first kappa shape index (κ1) is 12.8. The van der Waals surface area contributed by atoms with Crippen molar-refractivity contribution in [3.63, 3.8) is 0 Å². The van der Waals surface area contributed by atoms with Gasteiger partial charge in [-0.3, -0.25) is 14.2 Å². The summed E-state index contributed by atoms with van der Waals surface area (Å²) in [5.74, 6) is -0.206. The SMILES string of the molecule is CCCc1cc2c(=O)n(CC(=O)NC)cnc2s1. The van der Waals surface area contributed by atoms with Crippen LogP contribution < -0.4 is 10.9 Å². The minimum atomic E-state index is -0.206. The first-order chi connectivity index (χ1) is 8.65. The molecule has 0 saturated carbocycles. The lowest BCUT2D eigenvalue weighted by atomic mass is 10.2. The molecule has 18 heavy (non-hydrogen) atoms. The van der Waals surface area contributed by atoms with Crippen LogP contribution in [-0.4, -0.2) is 22.5 Å². The van der Waals surface area contributed by atoms with E-state index < -0.39 is 0 Å². The summed E-state index contributed by atoms with van der Waals surface area (Å²) in [5, 5.41) is 3.10. The van der Waals surface area contributed by atoms with Gasteiger partial charge in [0.25, 0.3) is 5.56 Å². The van der Waals surface area contributed by atoms with E-state index in [2.05, 4.69) is 17.2 Å². The molecule has 2 aromatic rings. The van der Waals surface area contributed by atoms with E-state index in [1.165, 1.54) is 10.9 Å². The maximum absolute atomic E-state index is 12.1. The predicted octanol–water partition coefficient (Wildman–Crippen LogP) is 1.16. The molecule has 6 heteroatoms.